The molecule has 2 aromatic carbocycles. The second kappa shape index (κ2) is 5.58. The van der Waals surface area contributed by atoms with Crippen LogP contribution in [0.3, 0.4) is 0 Å². The van der Waals surface area contributed by atoms with Crippen molar-refractivity contribution in [3.05, 3.63) is 48.5 Å². The summed E-state index contributed by atoms with van der Waals surface area (Å²) in [6.45, 7) is -0.0421. The van der Waals surface area contributed by atoms with Crippen LogP contribution < -0.4 is 13.9 Å². The molecule has 1 amide bonds. The molecule has 0 spiro atoms. The summed E-state index contributed by atoms with van der Waals surface area (Å²) in [5.41, 5.74) is 1.01. The third-order valence-corrected chi connectivity index (χ3v) is 5.58. The first kappa shape index (κ1) is 15.4. The third kappa shape index (κ3) is 2.63. The Morgan fingerprint density at radius 3 is 2.52 bits per heavy atom. The molecule has 0 atom stereocenters. The van der Waals surface area contributed by atoms with E-state index in [0.717, 1.165) is 0 Å². The predicted molar refractivity (Wildman–Crippen MR) is 87.4 cm³/mol. The minimum absolute atomic E-state index is 0.0421. The summed E-state index contributed by atoms with van der Waals surface area (Å²) >= 11 is 0. The Kier molecular flexibility index (Phi) is 3.73. The van der Waals surface area contributed by atoms with Crippen LogP contribution in [0.5, 0.6) is 5.75 Å². The van der Waals surface area contributed by atoms with E-state index >= 15 is 0 Å². The molecule has 2 aromatic rings. The molecule has 1 heterocycles. The van der Waals surface area contributed by atoms with Crippen LogP contribution in [0.2, 0.25) is 0 Å². The molecule has 120 valence electrons. The number of likely N-dealkylation sites (N-methyl/N-ethyl adjacent to an activating group) is 1. The Morgan fingerprint density at radius 2 is 1.83 bits per heavy atom. The molecular weight excluding hydrogens is 316 g/mol. The average molecular weight is 332 g/mol. The normalized spacial score (nSPS) is 14.2. The number of nitrogens with zero attached hydrogens (tertiary/aromatic N) is 2. The summed E-state index contributed by atoms with van der Waals surface area (Å²) in [7, 11) is -0.633. The maximum atomic E-state index is 12.8. The third-order valence-electron chi connectivity index (χ3n) is 3.80. The van der Waals surface area contributed by atoms with Crippen LogP contribution in [0.4, 0.5) is 11.4 Å². The van der Waals surface area contributed by atoms with Gasteiger partial charge in [-0.25, -0.2) is 8.42 Å². The molecule has 3 rings (SSSR count). The van der Waals surface area contributed by atoms with E-state index in [1.54, 1.807) is 37.4 Å². The van der Waals surface area contributed by atoms with Crippen molar-refractivity contribution < 1.29 is 17.9 Å². The summed E-state index contributed by atoms with van der Waals surface area (Å²) in [6, 6.07) is 13.3. The fraction of sp³-hybridized carbons (Fsp3) is 0.188. The van der Waals surface area contributed by atoms with Crippen molar-refractivity contribution in [3.8, 4) is 5.75 Å². The van der Waals surface area contributed by atoms with E-state index in [9.17, 15) is 13.2 Å². The number of para-hydroxylation sites is 1. The van der Waals surface area contributed by atoms with Crippen LogP contribution >= 0.6 is 0 Å². The minimum Gasteiger partial charge on any atom is -0.482 e. The molecule has 0 saturated carbocycles. The van der Waals surface area contributed by atoms with Crippen LogP contribution in [0.25, 0.3) is 0 Å². The first-order valence-corrected chi connectivity index (χ1v) is 8.42. The van der Waals surface area contributed by atoms with E-state index in [0.29, 0.717) is 17.1 Å². The summed E-state index contributed by atoms with van der Waals surface area (Å²) < 4.78 is 32.1. The highest BCUT2D eigenvalue weighted by Crippen LogP contribution is 2.34. The molecule has 0 fully saturated rings. The first-order chi connectivity index (χ1) is 10.9. The number of anilines is 2. The highest BCUT2D eigenvalue weighted by Gasteiger charge is 2.27. The number of hydrogen-bond acceptors (Lipinski definition) is 4. The molecule has 0 bridgehead atoms. The summed E-state index contributed by atoms with van der Waals surface area (Å²) in [4.78, 5) is 13.2. The van der Waals surface area contributed by atoms with Crippen molar-refractivity contribution in [1.82, 2.24) is 0 Å². The maximum Gasteiger partial charge on any atom is 0.264 e. The quantitative estimate of drug-likeness (QED) is 0.860. The van der Waals surface area contributed by atoms with Crippen molar-refractivity contribution in [2.24, 2.45) is 0 Å². The number of sulfonamides is 1. The monoisotopic (exact) mass is 332 g/mol. The van der Waals surface area contributed by atoms with Gasteiger partial charge in [-0.3, -0.25) is 9.10 Å². The molecule has 1 aliphatic rings. The van der Waals surface area contributed by atoms with Crippen molar-refractivity contribution in [3.63, 3.8) is 0 Å². The number of hydrogen-bond donors (Lipinski definition) is 0. The molecule has 0 N–H and O–H groups in total. The van der Waals surface area contributed by atoms with E-state index in [4.69, 9.17) is 4.74 Å². The van der Waals surface area contributed by atoms with Crippen LogP contribution in [0.15, 0.2) is 53.4 Å². The Labute approximate surface area is 134 Å². The molecular formula is C16H16N2O4S. The number of rotatable bonds is 3. The highest BCUT2D eigenvalue weighted by atomic mass is 32.2. The molecule has 0 aliphatic carbocycles. The lowest BCUT2D eigenvalue weighted by molar-refractivity contribution is -0.120. The van der Waals surface area contributed by atoms with E-state index in [1.807, 2.05) is 6.07 Å². The van der Waals surface area contributed by atoms with E-state index in [-0.39, 0.29) is 17.4 Å². The van der Waals surface area contributed by atoms with Gasteiger partial charge >= 0.3 is 0 Å². The smallest absolute Gasteiger partial charge is 0.264 e. The topological polar surface area (TPSA) is 66.9 Å². The zero-order valence-electron chi connectivity index (χ0n) is 12.8. The van der Waals surface area contributed by atoms with Crippen molar-refractivity contribution >= 4 is 27.3 Å². The van der Waals surface area contributed by atoms with Gasteiger partial charge in [-0.05, 0) is 30.3 Å². The van der Waals surface area contributed by atoms with Gasteiger partial charge in [0.1, 0.15) is 5.75 Å². The van der Waals surface area contributed by atoms with Gasteiger partial charge in [-0.2, -0.15) is 0 Å². The maximum absolute atomic E-state index is 12.8. The Hall–Kier alpha value is -2.54. The van der Waals surface area contributed by atoms with E-state index in [1.165, 1.54) is 28.4 Å². The zero-order valence-corrected chi connectivity index (χ0v) is 13.6. The highest BCUT2D eigenvalue weighted by molar-refractivity contribution is 7.92. The van der Waals surface area contributed by atoms with Crippen LogP contribution in [0.1, 0.15) is 0 Å². The average Bonchev–Trinajstić information content (AvgIpc) is 2.58. The van der Waals surface area contributed by atoms with Gasteiger partial charge in [0.25, 0.3) is 15.9 Å². The lowest BCUT2D eigenvalue weighted by Crippen LogP contribution is -2.35. The number of carbonyl (C=O) groups is 1. The Bertz CT molecular complexity index is 850. The molecule has 6 nitrogen and oxygen atoms in total. The number of amides is 1. The fourth-order valence-electron chi connectivity index (χ4n) is 2.35. The number of ether oxygens (including phenoxy) is 1. The zero-order chi connectivity index (χ0) is 16.6. The number of carbonyl (C=O) groups excluding carboxylic acids is 1. The van der Waals surface area contributed by atoms with Crippen molar-refractivity contribution in [1.29, 1.82) is 0 Å². The standard InChI is InChI=1S/C16H16N2O4S/c1-17-14-10-13(8-9-15(14)22-11-16(17)19)23(20,21)18(2)12-6-4-3-5-7-12/h3-10H,11H2,1-2H3. The molecule has 1 aliphatic heterocycles. The lowest BCUT2D eigenvalue weighted by atomic mass is 10.2. The SMILES string of the molecule is CN1C(=O)COc2ccc(S(=O)(=O)N(C)c3ccccc3)cc21. The van der Waals surface area contributed by atoms with Gasteiger partial charge < -0.3 is 9.64 Å². The summed E-state index contributed by atoms with van der Waals surface area (Å²) in [5.74, 6) is 0.275. The molecule has 23 heavy (non-hydrogen) atoms. The van der Waals surface area contributed by atoms with Crippen LogP contribution in [0, 0.1) is 0 Å². The summed E-state index contributed by atoms with van der Waals surface area (Å²) in [5, 5.41) is 0. The number of benzene rings is 2. The van der Waals surface area contributed by atoms with Crippen molar-refractivity contribution in [2.45, 2.75) is 4.90 Å². The largest absolute Gasteiger partial charge is 0.482 e. The Balaban J connectivity index is 2.03. The van der Waals surface area contributed by atoms with Gasteiger partial charge in [0.2, 0.25) is 0 Å². The first-order valence-electron chi connectivity index (χ1n) is 6.98. The lowest BCUT2D eigenvalue weighted by Gasteiger charge is -2.27. The second-order valence-electron chi connectivity index (χ2n) is 5.18. The molecule has 0 radical (unpaired) electrons. The van der Waals surface area contributed by atoms with Gasteiger partial charge in [0.15, 0.2) is 6.61 Å². The fourth-order valence-corrected chi connectivity index (χ4v) is 3.56. The number of fused-ring (bicyclic) bond motifs is 1. The predicted octanol–water partition coefficient (Wildman–Crippen LogP) is 1.87. The molecule has 7 heteroatoms. The van der Waals surface area contributed by atoms with Crippen molar-refractivity contribution in [2.75, 3.05) is 29.9 Å². The minimum atomic E-state index is -3.73. The second-order valence-corrected chi connectivity index (χ2v) is 7.15. The summed E-state index contributed by atoms with van der Waals surface area (Å²) in [6.07, 6.45) is 0. The van der Waals surface area contributed by atoms with Gasteiger partial charge in [-0.15, -0.1) is 0 Å². The van der Waals surface area contributed by atoms with Crippen LogP contribution in [-0.2, 0) is 14.8 Å². The molecule has 0 saturated heterocycles. The van der Waals surface area contributed by atoms with Crippen LogP contribution in [-0.4, -0.2) is 35.0 Å². The molecule has 0 unspecified atom stereocenters. The van der Waals surface area contributed by atoms with Gasteiger partial charge in [-0.1, -0.05) is 18.2 Å². The Morgan fingerprint density at radius 1 is 1.13 bits per heavy atom. The van der Waals surface area contributed by atoms with Gasteiger partial charge in [0, 0.05) is 14.1 Å². The van der Waals surface area contributed by atoms with E-state index < -0.39 is 10.0 Å². The van der Waals surface area contributed by atoms with Gasteiger partial charge in [0.05, 0.1) is 16.3 Å². The molecule has 0 aromatic heterocycles. The van der Waals surface area contributed by atoms with E-state index in [2.05, 4.69) is 0 Å².